The molecule has 0 spiro atoms. The van der Waals surface area contributed by atoms with Crippen LogP contribution in [0.15, 0.2) is 30.3 Å². The van der Waals surface area contributed by atoms with Crippen LogP contribution in [0, 0.1) is 5.92 Å². The molecule has 1 saturated carbocycles. The van der Waals surface area contributed by atoms with Crippen molar-refractivity contribution in [2.45, 2.75) is 45.2 Å². The zero-order chi connectivity index (χ0) is 13.7. The highest BCUT2D eigenvalue weighted by Gasteiger charge is 2.26. The minimum absolute atomic E-state index is 0.466. The van der Waals surface area contributed by atoms with E-state index in [1.54, 1.807) is 0 Å². The van der Waals surface area contributed by atoms with Crippen molar-refractivity contribution in [3.63, 3.8) is 0 Å². The summed E-state index contributed by atoms with van der Waals surface area (Å²) >= 11 is 0. The number of hydrogen-bond acceptors (Lipinski definition) is 2. The Morgan fingerprint density at radius 3 is 2.47 bits per heavy atom. The van der Waals surface area contributed by atoms with Gasteiger partial charge in [-0.2, -0.15) is 0 Å². The third-order valence-electron chi connectivity index (χ3n) is 4.43. The molecule has 1 fully saturated rings. The first kappa shape index (κ1) is 14.5. The van der Waals surface area contributed by atoms with Crippen LogP contribution in [0.1, 0.15) is 44.7 Å². The maximum absolute atomic E-state index is 3.65. The second kappa shape index (κ2) is 7.06. The van der Waals surface area contributed by atoms with E-state index < -0.39 is 0 Å². The fourth-order valence-electron chi connectivity index (χ4n) is 3.06. The molecule has 2 atom stereocenters. The largest absolute Gasteiger partial charge is 0.310 e. The number of nitrogens with zero attached hydrogens (tertiary/aromatic N) is 1. The van der Waals surface area contributed by atoms with Crippen LogP contribution in [0.4, 0.5) is 0 Å². The topological polar surface area (TPSA) is 15.3 Å². The van der Waals surface area contributed by atoms with Gasteiger partial charge in [-0.1, -0.05) is 50.6 Å². The predicted octanol–water partition coefficient (Wildman–Crippen LogP) is 3.46. The monoisotopic (exact) mass is 260 g/mol. The van der Waals surface area contributed by atoms with E-state index in [0.29, 0.717) is 12.0 Å². The van der Waals surface area contributed by atoms with E-state index >= 15 is 0 Å². The summed E-state index contributed by atoms with van der Waals surface area (Å²) < 4.78 is 0. The Hall–Kier alpha value is -0.860. The van der Waals surface area contributed by atoms with Gasteiger partial charge in [0.1, 0.15) is 0 Å². The molecule has 0 aromatic heterocycles. The quantitative estimate of drug-likeness (QED) is 0.807. The van der Waals surface area contributed by atoms with Gasteiger partial charge in [-0.05, 0) is 37.9 Å². The van der Waals surface area contributed by atoms with Crippen molar-refractivity contribution in [2.24, 2.45) is 5.92 Å². The lowest BCUT2D eigenvalue weighted by Crippen LogP contribution is -2.42. The average Bonchev–Trinajstić information content (AvgIpc) is 2.34. The maximum Gasteiger partial charge on any atom is 0.0358 e. The normalized spacial score (nSPS) is 19.2. The molecule has 0 aliphatic heterocycles. The third kappa shape index (κ3) is 3.80. The fourth-order valence-corrected chi connectivity index (χ4v) is 3.06. The van der Waals surface area contributed by atoms with E-state index in [1.165, 1.54) is 31.4 Å². The molecule has 1 aromatic carbocycles. The van der Waals surface area contributed by atoms with Crippen LogP contribution in [-0.2, 0) is 0 Å². The van der Waals surface area contributed by atoms with Gasteiger partial charge in [0.15, 0.2) is 0 Å². The SMILES string of the molecule is CCNC(c1ccccc1)C(C)CN(C)C1CCC1. The molecule has 2 unspecified atom stereocenters. The first-order chi connectivity index (χ1) is 9.22. The summed E-state index contributed by atoms with van der Waals surface area (Å²) in [6, 6.07) is 12.2. The lowest BCUT2D eigenvalue weighted by molar-refractivity contribution is 0.130. The molecule has 0 heterocycles. The highest BCUT2D eigenvalue weighted by molar-refractivity contribution is 5.19. The lowest BCUT2D eigenvalue weighted by Gasteiger charge is -2.38. The Labute approximate surface area is 118 Å². The van der Waals surface area contributed by atoms with Crippen molar-refractivity contribution < 1.29 is 0 Å². The number of benzene rings is 1. The highest BCUT2D eigenvalue weighted by atomic mass is 15.1. The van der Waals surface area contributed by atoms with Crippen molar-refractivity contribution in [3.8, 4) is 0 Å². The summed E-state index contributed by atoms with van der Waals surface area (Å²) in [6.45, 7) is 6.77. The number of nitrogens with one attached hydrogen (secondary N) is 1. The van der Waals surface area contributed by atoms with Gasteiger partial charge >= 0.3 is 0 Å². The molecule has 19 heavy (non-hydrogen) atoms. The van der Waals surface area contributed by atoms with Gasteiger partial charge in [0.25, 0.3) is 0 Å². The zero-order valence-corrected chi connectivity index (χ0v) is 12.6. The van der Waals surface area contributed by atoms with Gasteiger partial charge in [-0.25, -0.2) is 0 Å². The Kier molecular flexibility index (Phi) is 5.41. The average molecular weight is 260 g/mol. The molecule has 0 amide bonds. The van der Waals surface area contributed by atoms with E-state index in [9.17, 15) is 0 Å². The molecule has 1 aliphatic carbocycles. The summed E-state index contributed by atoms with van der Waals surface area (Å²) in [5.41, 5.74) is 1.42. The smallest absolute Gasteiger partial charge is 0.0358 e. The van der Waals surface area contributed by atoms with Crippen molar-refractivity contribution in [2.75, 3.05) is 20.1 Å². The van der Waals surface area contributed by atoms with Crippen LogP contribution >= 0.6 is 0 Å². The van der Waals surface area contributed by atoms with E-state index in [-0.39, 0.29) is 0 Å². The summed E-state index contributed by atoms with van der Waals surface area (Å²) in [4.78, 5) is 2.56. The molecule has 2 heteroatoms. The second-order valence-corrected chi connectivity index (χ2v) is 5.95. The lowest BCUT2D eigenvalue weighted by atomic mass is 9.89. The van der Waals surface area contributed by atoms with E-state index in [1.807, 2.05) is 0 Å². The van der Waals surface area contributed by atoms with Gasteiger partial charge in [-0.15, -0.1) is 0 Å². The van der Waals surface area contributed by atoms with Crippen LogP contribution in [-0.4, -0.2) is 31.1 Å². The third-order valence-corrected chi connectivity index (χ3v) is 4.43. The van der Waals surface area contributed by atoms with Gasteiger partial charge < -0.3 is 10.2 Å². The summed E-state index contributed by atoms with van der Waals surface area (Å²) in [5.74, 6) is 0.632. The first-order valence-electron chi connectivity index (χ1n) is 7.71. The Balaban J connectivity index is 1.97. The highest BCUT2D eigenvalue weighted by Crippen LogP contribution is 2.27. The molecular formula is C17H28N2. The van der Waals surface area contributed by atoms with E-state index in [2.05, 4.69) is 61.4 Å². The van der Waals surface area contributed by atoms with Crippen LogP contribution in [0.3, 0.4) is 0 Å². The first-order valence-corrected chi connectivity index (χ1v) is 7.71. The Morgan fingerprint density at radius 2 is 1.95 bits per heavy atom. The minimum Gasteiger partial charge on any atom is -0.310 e. The molecule has 106 valence electrons. The van der Waals surface area contributed by atoms with Gasteiger partial charge in [0.2, 0.25) is 0 Å². The minimum atomic E-state index is 0.466. The molecule has 0 bridgehead atoms. The van der Waals surface area contributed by atoms with Gasteiger partial charge in [0, 0.05) is 18.6 Å². The van der Waals surface area contributed by atoms with E-state index in [4.69, 9.17) is 0 Å². The molecular weight excluding hydrogens is 232 g/mol. The van der Waals surface area contributed by atoms with E-state index in [0.717, 1.165) is 12.6 Å². The molecule has 0 saturated heterocycles. The summed E-state index contributed by atoms with van der Waals surface area (Å²) in [7, 11) is 2.29. The van der Waals surface area contributed by atoms with Crippen LogP contribution < -0.4 is 5.32 Å². The second-order valence-electron chi connectivity index (χ2n) is 5.95. The molecule has 1 aromatic rings. The molecule has 0 radical (unpaired) electrons. The fraction of sp³-hybridized carbons (Fsp3) is 0.647. The maximum atomic E-state index is 3.65. The molecule has 1 N–H and O–H groups in total. The number of hydrogen-bond donors (Lipinski definition) is 1. The van der Waals surface area contributed by atoms with Crippen LogP contribution in [0.2, 0.25) is 0 Å². The Morgan fingerprint density at radius 1 is 1.26 bits per heavy atom. The van der Waals surface area contributed by atoms with Crippen molar-refractivity contribution in [3.05, 3.63) is 35.9 Å². The zero-order valence-electron chi connectivity index (χ0n) is 12.6. The number of rotatable bonds is 7. The van der Waals surface area contributed by atoms with Gasteiger partial charge in [-0.3, -0.25) is 0 Å². The van der Waals surface area contributed by atoms with Crippen LogP contribution in [0.25, 0.3) is 0 Å². The molecule has 2 nitrogen and oxygen atoms in total. The standard InChI is InChI=1S/C17H28N2/c1-4-18-17(15-9-6-5-7-10-15)14(2)13-19(3)16-11-8-12-16/h5-7,9-10,14,16-18H,4,8,11-13H2,1-3H3. The predicted molar refractivity (Wildman–Crippen MR) is 82.3 cm³/mol. The van der Waals surface area contributed by atoms with Gasteiger partial charge in [0.05, 0.1) is 0 Å². The molecule has 2 rings (SSSR count). The Bertz CT molecular complexity index is 359. The summed E-state index contributed by atoms with van der Waals surface area (Å²) in [5, 5.41) is 3.65. The molecule has 1 aliphatic rings. The van der Waals surface area contributed by atoms with Crippen LogP contribution in [0.5, 0.6) is 0 Å². The van der Waals surface area contributed by atoms with Crippen molar-refractivity contribution in [1.82, 2.24) is 10.2 Å². The van der Waals surface area contributed by atoms with Crippen molar-refractivity contribution in [1.29, 1.82) is 0 Å². The van der Waals surface area contributed by atoms with Crippen molar-refractivity contribution >= 4 is 0 Å². The summed E-state index contributed by atoms with van der Waals surface area (Å²) in [6.07, 6.45) is 4.19.